The smallest absolute Gasteiger partial charge is 0.133 e. The highest BCUT2D eigenvalue weighted by molar-refractivity contribution is 7.99. The van der Waals surface area contributed by atoms with E-state index in [0.29, 0.717) is 0 Å². The van der Waals surface area contributed by atoms with Crippen LogP contribution in [0.5, 0.6) is 0 Å². The van der Waals surface area contributed by atoms with E-state index < -0.39 is 6.10 Å². The molecule has 0 radical (unpaired) electrons. The first-order valence-electron chi connectivity index (χ1n) is 5.07. The van der Waals surface area contributed by atoms with E-state index in [-0.39, 0.29) is 11.4 Å². The number of ether oxygens (including phenoxy) is 1. The summed E-state index contributed by atoms with van der Waals surface area (Å²) in [5, 5.41) is 9.90. The molecule has 0 heterocycles. The number of thioether (sulfide) groups is 1. The van der Waals surface area contributed by atoms with Crippen molar-refractivity contribution in [1.82, 2.24) is 0 Å². The molecule has 0 bridgehead atoms. The summed E-state index contributed by atoms with van der Waals surface area (Å²) in [5.74, 6) is 0.200. The third-order valence-corrected chi connectivity index (χ3v) is 3.44. The molecule has 0 amide bonds. The summed E-state index contributed by atoms with van der Waals surface area (Å²) in [4.78, 5) is 1.11. The van der Waals surface area contributed by atoms with Gasteiger partial charge in [-0.3, -0.25) is 0 Å². The molecule has 0 saturated carbocycles. The van der Waals surface area contributed by atoms with Crippen LogP contribution in [0.25, 0.3) is 0 Å². The van der Waals surface area contributed by atoms with Crippen molar-refractivity contribution in [3.05, 3.63) is 30.3 Å². The fourth-order valence-corrected chi connectivity index (χ4v) is 2.34. The fourth-order valence-electron chi connectivity index (χ4n) is 1.20. The molecule has 1 aromatic rings. The molecule has 0 spiro atoms. The van der Waals surface area contributed by atoms with Crippen molar-refractivity contribution >= 4 is 11.8 Å². The zero-order valence-corrected chi connectivity index (χ0v) is 10.2. The van der Waals surface area contributed by atoms with E-state index >= 15 is 0 Å². The van der Waals surface area contributed by atoms with Gasteiger partial charge in [0, 0.05) is 12.0 Å². The molecule has 0 saturated heterocycles. The second-order valence-corrected chi connectivity index (χ2v) is 4.94. The number of rotatable bonds is 5. The van der Waals surface area contributed by atoms with Crippen LogP contribution in [0, 0.1) is 5.92 Å². The van der Waals surface area contributed by atoms with Gasteiger partial charge in [0.1, 0.15) is 5.44 Å². The Morgan fingerprint density at radius 3 is 2.27 bits per heavy atom. The van der Waals surface area contributed by atoms with Crippen LogP contribution in [-0.2, 0) is 4.74 Å². The van der Waals surface area contributed by atoms with Crippen LogP contribution >= 0.6 is 11.8 Å². The molecule has 2 atom stereocenters. The van der Waals surface area contributed by atoms with Gasteiger partial charge in [-0.2, -0.15) is 0 Å². The Hall–Kier alpha value is -0.510. The molecular formula is C12H18O2S. The van der Waals surface area contributed by atoms with Crippen molar-refractivity contribution in [1.29, 1.82) is 0 Å². The number of hydrogen-bond acceptors (Lipinski definition) is 3. The molecule has 0 aliphatic carbocycles. The maximum Gasteiger partial charge on any atom is 0.133 e. The van der Waals surface area contributed by atoms with E-state index in [1.807, 2.05) is 44.2 Å². The lowest BCUT2D eigenvalue weighted by molar-refractivity contribution is 0.0150. The summed E-state index contributed by atoms with van der Waals surface area (Å²) in [6.45, 7) is 3.98. The summed E-state index contributed by atoms with van der Waals surface area (Å²) >= 11 is 1.55. The highest BCUT2D eigenvalue weighted by Crippen LogP contribution is 2.27. The summed E-state index contributed by atoms with van der Waals surface area (Å²) in [7, 11) is 1.63. The summed E-state index contributed by atoms with van der Waals surface area (Å²) < 4.78 is 5.29. The number of aliphatic hydroxyl groups excluding tert-OH is 1. The molecule has 1 aromatic carbocycles. The monoisotopic (exact) mass is 226 g/mol. The first-order chi connectivity index (χ1) is 7.15. The van der Waals surface area contributed by atoms with E-state index in [1.54, 1.807) is 18.9 Å². The van der Waals surface area contributed by atoms with Gasteiger partial charge < -0.3 is 9.84 Å². The van der Waals surface area contributed by atoms with Crippen LogP contribution < -0.4 is 0 Å². The first kappa shape index (κ1) is 12.6. The van der Waals surface area contributed by atoms with Crippen LogP contribution in [0.3, 0.4) is 0 Å². The lowest BCUT2D eigenvalue weighted by Crippen LogP contribution is -2.29. The van der Waals surface area contributed by atoms with E-state index in [4.69, 9.17) is 4.74 Å². The largest absolute Gasteiger partial charge is 0.389 e. The van der Waals surface area contributed by atoms with Crippen molar-refractivity contribution in [2.24, 2.45) is 5.92 Å². The number of aliphatic hydroxyl groups is 1. The molecule has 0 fully saturated rings. The summed E-state index contributed by atoms with van der Waals surface area (Å²) in [6.07, 6.45) is -0.444. The quantitative estimate of drug-likeness (QED) is 0.618. The third-order valence-electron chi connectivity index (χ3n) is 2.19. The molecule has 1 rings (SSSR count). The lowest BCUT2D eigenvalue weighted by atomic mass is 10.1. The predicted octanol–water partition coefficient (Wildman–Crippen LogP) is 2.77. The van der Waals surface area contributed by atoms with Crippen LogP contribution in [0.15, 0.2) is 35.2 Å². The van der Waals surface area contributed by atoms with E-state index in [2.05, 4.69) is 0 Å². The average Bonchev–Trinajstić information content (AvgIpc) is 2.26. The van der Waals surface area contributed by atoms with Gasteiger partial charge in [-0.25, -0.2) is 0 Å². The minimum Gasteiger partial charge on any atom is -0.389 e. The zero-order valence-electron chi connectivity index (χ0n) is 9.38. The Morgan fingerprint density at radius 1 is 1.20 bits per heavy atom. The molecule has 2 nitrogen and oxygen atoms in total. The lowest BCUT2D eigenvalue weighted by Gasteiger charge is -2.23. The first-order valence-corrected chi connectivity index (χ1v) is 5.95. The van der Waals surface area contributed by atoms with Gasteiger partial charge in [-0.15, -0.1) is 0 Å². The van der Waals surface area contributed by atoms with Gasteiger partial charge in [0.25, 0.3) is 0 Å². The van der Waals surface area contributed by atoms with Crippen molar-refractivity contribution in [2.75, 3.05) is 7.11 Å². The maximum atomic E-state index is 9.90. The molecule has 0 aliphatic rings. The van der Waals surface area contributed by atoms with Gasteiger partial charge in [0.15, 0.2) is 0 Å². The molecular weight excluding hydrogens is 208 g/mol. The Bertz CT molecular complexity index is 274. The van der Waals surface area contributed by atoms with Gasteiger partial charge in [-0.1, -0.05) is 43.8 Å². The van der Waals surface area contributed by atoms with Gasteiger partial charge >= 0.3 is 0 Å². The van der Waals surface area contributed by atoms with Crippen molar-refractivity contribution in [2.45, 2.75) is 30.3 Å². The van der Waals surface area contributed by atoms with Crippen LogP contribution in [0.1, 0.15) is 13.8 Å². The molecule has 0 unspecified atom stereocenters. The number of methoxy groups -OCH3 is 1. The van der Waals surface area contributed by atoms with Crippen molar-refractivity contribution in [3.8, 4) is 0 Å². The van der Waals surface area contributed by atoms with Crippen LogP contribution in [-0.4, -0.2) is 23.8 Å². The zero-order chi connectivity index (χ0) is 11.3. The van der Waals surface area contributed by atoms with Crippen LogP contribution in [0.2, 0.25) is 0 Å². The van der Waals surface area contributed by atoms with E-state index in [1.165, 1.54) is 0 Å². The average molecular weight is 226 g/mol. The second kappa shape index (κ2) is 6.16. The number of hydrogen-bond donors (Lipinski definition) is 1. The van der Waals surface area contributed by atoms with Crippen molar-refractivity contribution < 1.29 is 9.84 Å². The van der Waals surface area contributed by atoms with Gasteiger partial charge in [-0.05, 0) is 18.1 Å². The number of benzene rings is 1. The second-order valence-electron chi connectivity index (χ2n) is 3.77. The minimum atomic E-state index is -0.444. The van der Waals surface area contributed by atoms with E-state index in [9.17, 15) is 5.11 Å². The van der Waals surface area contributed by atoms with E-state index in [0.717, 1.165) is 4.90 Å². The minimum absolute atomic E-state index is 0.200. The Labute approximate surface area is 95.7 Å². The molecule has 15 heavy (non-hydrogen) atoms. The summed E-state index contributed by atoms with van der Waals surface area (Å²) in [5.41, 5.74) is -0.201. The topological polar surface area (TPSA) is 29.5 Å². The highest BCUT2D eigenvalue weighted by atomic mass is 32.2. The maximum absolute atomic E-state index is 9.90. The van der Waals surface area contributed by atoms with Gasteiger partial charge in [0.2, 0.25) is 0 Å². The molecule has 0 aliphatic heterocycles. The normalized spacial score (nSPS) is 15.3. The predicted molar refractivity (Wildman–Crippen MR) is 63.9 cm³/mol. The molecule has 3 heteroatoms. The Morgan fingerprint density at radius 2 is 1.80 bits per heavy atom. The standard InChI is InChI=1S/C12H18O2S/c1-9(2)11(13)12(14-3)15-10-7-5-4-6-8-10/h4-9,11-13H,1-3H3/t11-,12-/m1/s1. The van der Waals surface area contributed by atoms with Gasteiger partial charge in [0.05, 0.1) is 6.10 Å². The SMILES string of the molecule is CO[C@H](Sc1ccccc1)[C@H](O)C(C)C. The summed E-state index contributed by atoms with van der Waals surface area (Å²) in [6, 6.07) is 9.98. The third kappa shape index (κ3) is 3.86. The molecule has 84 valence electrons. The van der Waals surface area contributed by atoms with Crippen LogP contribution in [0.4, 0.5) is 0 Å². The van der Waals surface area contributed by atoms with Crippen molar-refractivity contribution in [3.63, 3.8) is 0 Å². The Balaban J connectivity index is 2.62. The molecule has 0 aromatic heterocycles. The fraction of sp³-hybridized carbons (Fsp3) is 0.500. The highest BCUT2D eigenvalue weighted by Gasteiger charge is 2.22. The Kier molecular flexibility index (Phi) is 5.15. The molecule has 1 N–H and O–H groups in total.